The molecule has 2 rings (SSSR count). The molecule has 20 heavy (non-hydrogen) atoms. The average molecular weight is 297 g/mol. The fourth-order valence-corrected chi connectivity index (χ4v) is 2.99. The molecule has 1 aromatic carbocycles. The van der Waals surface area contributed by atoms with Crippen LogP contribution < -0.4 is 4.90 Å². The third kappa shape index (κ3) is 2.71. The van der Waals surface area contributed by atoms with Gasteiger partial charge in [-0.15, -0.1) is 0 Å². The number of rotatable bonds is 3. The highest BCUT2D eigenvalue weighted by Gasteiger charge is 2.27. The summed E-state index contributed by atoms with van der Waals surface area (Å²) >= 11 is 0. The summed E-state index contributed by atoms with van der Waals surface area (Å²) in [4.78, 5) is 13.2. The first-order chi connectivity index (χ1) is 9.21. The van der Waals surface area contributed by atoms with Crippen LogP contribution >= 0.6 is 0 Å². The molecule has 1 amide bonds. The van der Waals surface area contributed by atoms with Crippen LogP contribution in [0.5, 0.6) is 0 Å². The molecular weight excluding hydrogens is 278 g/mol. The zero-order valence-electron chi connectivity index (χ0n) is 11.8. The lowest BCUT2D eigenvalue weighted by atomic mass is 9.96. The Hall–Kier alpha value is -1.40. The maximum absolute atomic E-state index is 11.6. The molecule has 0 saturated heterocycles. The van der Waals surface area contributed by atoms with Gasteiger partial charge in [0.15, 0.2) is 9.84 Å². The molecule has 0 radical (unpaired) electrons. The number of hydrogen-bond donors (Lipinski definition) is 1. The van der Waals surface area contributed by atoms with Crippen molar-refractivity contribution in [3.8, 4) is 0 Å². The van der Waals surface area contributed by atoms with Crippen LogP contribution in [0.15, 0.2) is 18.2 Å². The van der Waals surface area contributed by atoms with E-state index >= 15 is 0 Å². The van der Waals surface area contributed by atoms with Crippen molar-refractivity contribution in [2.75, 3.05) is 18.2 Å². The Morgan fingerprint density at radius 1 is 1.30 bits per heavy atom. The Labute approximate surface area is 119 Å². The number of anilines is 1. The predicted molar refractivity (Wildman–Crippen MR) is 77.4 cm³/mol. The summed E-state index contributed by atoms with van der Waals surface area (Å²) < 4.78 is 23.0. The van der Waals surface area contributed by atoms with Gasteiger partial charge >= 0.3 is 0 Å². The highest BCUT2D eigenvalue weighted by Crippen LogP contribution is 2.31. The SMILES string of the molecule is CC(C(O)c1ccc2c(c1)CCC(=O)N2C)S(C)(=O)=O. The van der Waals surface area contributed by atoms with E-state index in [4.69, 9.17) is 0 Å². The van der Waals surface area contributed by atoms with Crippen LogP contribution in [0.25, 0.3) is 0 Å². The first kappa shape index (κ1) is 15.0. The van der Waals surface area contributed by atoms with Crippen molar-refractivity contribution in [1.82, 2.24) is 0 Å². The van der Waals surface area contributed by atoms with Crippen molar-refractivity contribution < 1.29 is 18.3 Å². The van der Waals surface area contributed by atoms with E-state index in [1.165, 1.54) is 6.92 Å². The number of aliphatic hydroxyl groups is 1. The van der Waals surface area contributed by atoms with Crippen LogP contribution in [0.2, 0.25) is 0 Å². The first-order valence-electron chi connectivity index (χ1n) is 6.48. The molecule has 2 atom stereocenters. The van der Waals surface area contributed by atoms with Crippen molar-refractivity contribution in [1.29, 1.82) is 0 Å². The molecular formula is C14H19NO4S. The Morgan fingerprint density at radius 3 is 2.55 bits per heavy atom. The Bertz CT molecular complexity index is 639. The summed E-state index contributed by atoms with van der Waals surface area (Å²) in [6.45, 7) is 1.50. The van der Waals surface area contributed by atoms with Gasteiger partial charge in [-0.05, 0) is 30.5 Å². The van der Waals surface area contributed by atoms with Crippen molar-refractivity contribution in [3.05, 3.63) is 29.3 Å². The second-order valence-corrected chi connectivity index (χ2v) is 7.72. The van der Waals surface area contributed by atoms with Gasteiger partial charge in [0, 0.05) is 25.4 Å². The monoisotopic (exact) mass is 297 g/mol. The van der Waals surface area contributed by atoms with Crippen molar-refractivity contribution >= 4 is 21.4 Å². The van der Waals surface area contributed by atoms with E-state index in [1.807, 2.05) is 0 Å². The molecule has 0 fully saturated rings. The van der Waals surface area contributed by atoms with Crippen LogP contribution in [-0.4, -0.2) is 38.0 Å². The summed E-state index contributed by atoms with van der Waals surface area (Å²) in [7, 11) is -1.59. The third-order valence-corrected chi connectivity index (χ3v) is 5.52. The minimum absolute atomic E-state index is 0.0651. The largest absolute Gasteiger partial charge is 0.387 e. The molecule has 1 aliphatic rings. The summed E-state index contributed by atoms with van der Waals surface area (Å²) in [5.74, 6) is 0.0651. The molecule has 1 aromatic rings. The molecule has 0 spiro atoms. The van der Waals surface area contributed by atoms with Gasteiger partial charge in [0.2, 0.25) is 5.91 Å². The van der Waals surface area contributed by atoms with Crippen LogP contribution in [0, 0.1) is 0 Å². The normalized spacial score (nSPS) is 18.6. The number of hydrogen-bond acceptors (Lipinski definition) is 4. The fourth-order valence-electron chi connectivity index (χ4n) is 2.37. The number of aliphatic hydroxyl groups excluding tert-OH is 1. The molecule has 1 heterocycles. The fraction of sp³-hybridized carbons (Fsp3) is 0.500. The van der Waals surface area contributed by atoms with E-state index in [2.05, 4.69) is 0 Å². The lowest BCUT2D eigenvalue weighted by Crippen LogP contribution is -2.31. The zero-order chi connectivity index (χ0) is 15.1. The standard InChI is InChI=1S/C14H19NO4S/c1-9(20(3,18)19)14(17)11-4-6-12-10(8-11)5-7-13(16)15(12)2/h4,6,8-9,14,17H,5,7H2,1-3H3. The molecule has 5 nitrogen and oxygen atoms in total. The minimum Gasteiger partial charge on any atom is -0.387 e. The molecule has 0 saturated carbocycles. The summed E-state index contributed by atoms with van der Waals surface area (Å²) in [5, 5.41) is 9.33. The summed E-state index contributed by atoms with van der Waals surface area (Å²) in [6.07, 6.45) is 1.11. The predicted octanol–water partition coefficient (Wildman–Crippen LogP) is 1.06. The van der Waals surface area contributed by atoms with Crippen molar-refractivity contribution in [2.24, 2.45) is 0 Å². The molecule has 1 aliphatic heterocycles. The first-order valence-corrected chi connectivity index (χ1v) is 8.43. The maximum Gasteiger partial charge on any atom is 0.227 e. The minimum atomic E-state index is -3.31. The molecule has 6 heteroatoms. The maximum atomic E-state index is 11.6. The molecule has 2 unspecified atom stereocenters. The van der Waals surface area contributed by atoms with E-state index in [9.17, 15) is 18.3 Å². The summed E-state index contributed by atoms with van der Waals surface area (Å²) in [6, 6.07) is 5.24. The number of nitrogens with zero attached hydrogens (tertiary/aromatic N) is 1. The third-order valence-electron chi connectivity index (χ3n) is 3.91. The van der Waals surface area contributed by atoms with Gasteiger partial charge in [-0.3, -0.25) is 4.79 Å². The molecule has 0 aliphatic carbocycles. The molecule has 0 aromatic heterocycles. The number of amides is 1. The zero-order valence-corrected chi connectivity index (χ0v) is 12.6. The number of sulfone groups is 1. The van der Waals surface area contributed by atoms with Gasteiger partial charge in [0.25, 0.3) is 0 Å². The lowest BCUT2D eigenvalue weighted by Gasteiger charge is -2.27. The highest BCUT2D eigenvalue weighted by atomic mass is 32.2. The molecule has 1 N–H and O–H groups in total. The number of fused-ring (bicyclic) bond motifs is 1. The van der Waals surface area contributed by atoms with E-state index in [-0.39, 0.29) is 5.91 Å². The Balaban J connectivity index is 2.35. The summed E-state index contributed by atoms with van der Waals surface area (Å²) in [5.41, 5.74) is 2.36. The van der Waals surface area contributed by atoms with Gasteiger partial charge in [-0.1, -0.05) is 12.1 Å². The van der Waals surface area contributed by atoms with Crippen molar-refractivity contribution in [2.45, 2.75) is 31.1 Å². The van der Waals surface area contributed by atoms with Gasteiger partial charge in [0.05, 0.1) is 11.4 Å². The van der Waals surface area contributed by atoms with E-state index < -0.39 is 21.2 Å². The average Bonchev–Trinajstić information content (AvgIpc) is 2.40. The molecule has 110 valence electrons. The highest BCUT2D eigenvalue weighted by molar-refractivity contribution is 7.91. The van der Waals surface area contributed by atoms with Crippen LogP contribution in [0.1, 0.15) is 30.6 Å². The van der Waals surface area contributed by atoms with Gasteiger partial charge in [-0.25, -0.2) is 8.42 Å². The van der Waals surface area contributed by atoms with E-state index in [0.29, 0.717) is 18.4 Å². The van der Waals surface area contributed by atoms with Crippen molar-refractivity contribution in [3.63, 3.8) is 0 Å². The number of aryl methyl sites for hydroxylation is 1. The van der Waals surface area contributed by atoms with E-state index in [0.717, 1.165) is 17.5 Å². The van der Waals surface area contributed by atoms with Gasteiger partial charge in [-0.2, -0.15) is 0 Å². The Kier molecular flexibility index (Phi) is 3.88. The van der Waals surface area contributed by atoms with Gasteiger partial charge < -0.3 is 10.0 Å². The number of carbonyl (C=O) groups is 1. The number of carbonyl (C=O) groups excluding carboxylic acids is 1. The van der Waals surface area contributed by atoms with Crippen LogP contribution in [0.3, 0.4) is 0 Å². The Morgan fingerprint density at radius 2 is 1.95 bits per heavy atom. The second-order valence-electron chi connectivity index (χ2n) is 5.32. The molecule has 0 bridgehead atoms. The smallest absolute Gasteiger partial charge is 0.227 e. The quantitative estimate of drug-likeness (QED) is 0.905. The van der Waals surface area contributed by atoms with E-state index in [1.54, 1.807) is 30.1 Å². The van der Waals surface area contributed by atoms with Crippen LogP contribution in [0.4, 0.5) is 5.69 Å². The number of benzene rings is 1. The van der Waals surface area contributed by atoms with Crippen LogP contribution in [-0.2, 0) is 21.1 Å². The van der Waals surface area contributed by atoms with Gasteiger partial charge in [0.1, 0.15) is 0 Å². The second kappa shape index (κ2) is 5.18. The lowest BCUT2D eigenvalue weighted by molar-refractivity contribution is -0.118. The topological polar surface area (TPSA) is 74.7 Å².